The summed E-state index contributed by atoms with van der Waals surface area (Å²) in [5.74, 6) is -1.30. The number of nitrogens with zero attached hydrogens (tertiary/aromatic N) is 1. The number of hydrogen-bond donors (Lipinski definition) is 1. The van der Waals surface area contributed by atoms with Crippen molar-refractivity contribution in [3.8, 4) is 11.3 Å². The first-order chi connectivity index (χ1) is 12.9. The van der Waals surface area contributed by atoms with Gasteiger partial charge in [0.25, 0.3) is 10.0 Å². The van der Waals surface area contributed by atoms with Gasteiger partial charge < -0.3 is 4.52 Å². The Balaban J connectivity index is 2.11. The number of halogens is 4. The van der Waals surface area contributed by atoms with E-state index in [1.165, 1.54) is 12.1 Å². The van der Waals surface area contributed by atoms with Gasteiger partial charge in [0, 0.05) is 26.4 Å². The Hall–Kier alpha value is -2.04. The van der Waals surface area contributed by atoms with E-state index in [2.05, 4.69) is 14.4 Å². The molecule has 150 valence electrons. The van der Waals surface area contributed by atoms with Crippen molar-refractivity contribution in [2.75, 3.05) is 4.72 Å². The molecule has 0 aliphatic heterocycles. The summed E-state index contributed by atoms with van der Waals surface area (Å²) in [7, 11) is -4.11. The standard InChI is InChI=1S/C17H14ClF3N2O3S2/c1-8-6-11(18)4-5-12(8)23-28(24,25)16-10(3)27-9(2)15(16)13-7-14(26-22-13)17(19,20)21/h4-7,23H,1-3H3. The zero-order valence-electron chi connectivity index (χ0n) is 14.8. The maximum Gasteiger partial charge on any atom is 0.452 e. The molecule has 0 bridgehead atoms. The quantitative estimate of drug-likeness (QED) is 0.545. The topological polar surface area (TPSA) is 72.2 Å². The third kappa shape index (κ3) is 3.89. The van der Waals surface area contributed by atoms with E-state index >= 15 is 0 Å². The number of benzene rings is 1. The van der Waals surface area contributed by atoms with Gasteiger partial charge in [0.15, 0.2) is 0 Å². The first-order valence-corrected chi connectivity index (χ1v) is 10.5. The van der Waals surface area contributed by atoms with Crippen LogP contribution in [0.15, 0.2) is 33.7 Å². The van der Waals surface area contributed by atoms with Gasteiger partial charge in [0.2, 0.25) is 5.76 Å². The van der Waals surface area contributed by atoms with Gasteiger partial charge in [-0.2, -0.15) is 13.2 Å². The second-order valence-electron chi connectivity index (χ2n) is 6.06. The van der Waals surface area contributed by atoms with Crippen molar-refractivity contribution >= 4 is 38.6 Å². The largest absolute Gasteiger partial charge is 0.452 e. The lowest BCUT2D eigenvalue weighted by molar-refractivity contribution is -0.155. The summed E-state index contributed by atoms with van der Waals surface area (Å²) in [5.41, 5.74) is 0.806. The summed E-state index contributed by atoms with van der Waals surface area (Å²) in [6.07, 6.45) is -4.72. The minimum absolute atomic E-state index is 0.0841. The van der Waals surface area contributed by atoms with Gasteiger partial charge in [-0.3, -0.25) is 4.72 Å². The van der Waals surface area contributed by atoms with Gasteiger partial charge in [-0.1, -0.05) is 16.8 Å². The molecule has 11 heteroatoms. The van der Waals surface area contributed by atoms with Gasteiger partial charge in [-0.25, -0.2) is 8.42 Å². The number of thiophene rings is 1. The predicted molar refractivity (Wildman–Crippen MR) is 101 cm³/mol. The maximum absolute atomic E-state index is 13.1. The van der Waals surface area contributed by atoms with Crippen LogP contribution in [0.1, 0.15) is 21.1 Å². The van der Waals surface area contributed by atoms with Gasteiger partial charge >= 0.3 is 6.18 Å². The number of aryl methyl sites for hydroxylation is 3. The molecule has 0 aliphatic rings. The normalized spacial score (nSPS) is 12.4. The SMILES string of the molecule is Cc1cc(Cl)ccc1NS(=O)(=O)c1c(C)sc(C)c1-c1cc(C(F)(F)F)on1. The Morgan fingerprint density at radius 3 is 2.39 bits per heavy atom. The molecule has 2 aromatic heterocycles. The van der Waals surface area contributed by atoms with E-state index in [0.29, 0.717) is 32.1 Å². The zero-order valence-corrected chi connectivity index (χ0v) is 17.2. The van der Waals surface area contributed by atoms with Crippen molar-refractivity contribution in [2.24, 2.45) is 0 Å². The van der Waals surface area contributed by atoms with Gasteiger partial charge in [-0.15, -0.1) is 11.3 Å². The Labute approximate surface area is 168 Å². The van der Waals surface area contributed by atoms with Crippen LogP contribution >= 0.6 is 22.9 Å². The molecular weight excluding hydrogens is 437 g/mol. The van der Waals surface area contributed by atoms with Crippen LogP contribution in [0.3, 0.4) is 0 Å². The van der Waals surface area contributed by atoms with Gasteiger partial charge in [0.1, 0.15) is 10.6 Å². The van der Waals surface area contributed by atoms with Gasteiger partial charge in [-0.05, 0) is 44.5 Å². The highest BCUT2D eigenvalue weighted by molar-refractivity contribution is 7.93. The summed E-state index contributed by atoms with van der Waals surface area (Å²) >= 11 is 7.04. The molecule has 1 aromatic carbocycles. The van der Waals surface area contributed by atoms with Crippen LogP contribution in [0.4, 0.5) is 18.9 Å². The van der Waals surface area contributed by atoms with Gasteiger partial charge in [0.05, 0.1) is 5.69 Å². The maximum atomic E-state index is 13.1. The van der Waals surface area contributed by atoms with Crippen LogP contribution in [0.5, 0.6) is 0 Å². The molecule has 0 atom stereocenters. The molecule has 0 amide bonds. The van der Waals surface area contributed by atoms with E-state index < -0.39 is 22.0 Å². The molecular formula is C17H14ClF3N2O3S2. The molecule has 0 saturated heterocycles. The highest BCUT2D eigenvalue weighted by Gasteiger charge is 2.37. The average Bonchev–Trinajstić information content (AvgIpc) is 3.14. The number of nitrogens with one attached hydrogen (secondary N) is 1. The Morgan fingerprint density at radius 2 is 1.82 bits per heavy atom. The third-order valence-corrected chi connectivity index (χ3v) is 6.87. The Kier molecular flexibility index (Phi) is 5.24. The number of hydrogen-bond acceptors (Lipinski definition) is 5. The third-order valence-electron chi connectivity index (χ3n) is 3.95. The smallest absolute Gasteiger partial charge is 0.351 e. The lowest BCUT2D eigenvalue weighted by atomic mass is 10.1. The van der Waals surface area contributed by atoms with E-state index in [4.69, 9.17) is 11.6 Å². The van der Waals surface area contributed by atoms with Crippen molar-refractivity contribution in [2.45, 2.75) is 31.8 Å². The minimum atomic E-state index is -4.72. The lowest BCUT2D eigenvalue weighted by Crippen LogP contribution is -2.15. The van der Waals surface area contributed by atoms with Crippen LogP contribution in [0, 0.1) is 20.8 Å². The number of rotatable bonds is 4. The molecule has 28 heavy (non-hydrogen) atoms. The van der Waals surface area contributed by atoms with Crippen molar-refractivity contribution < 1.29 is 26.1 Å². The van der Waals surface area contributed by atoms with Crippen LogP contribution in [-0.4, -0.2) is 13.6 Å². The lowest BCUT2D eigenvalue weighted by Gasteiger charge is -2.12. The Morgan fingerprint density at radius 1 is 1.14 bits per heavy atom. The van der Waals surface area contributed by atoms with E-state index in [0.717, 1.165) is 11.3 Å². The average molecular weight is 451 g/mol. The van der Waals surface area contributed by atoms with Crippen LogP contribution in [-0.2, 0) is 16.2 Å². The second-order valence-corrected chi connectivity index (χ2v) is 9.54. The summed E-state index contributed by atoms with van der Waals surface area (Å²) in [4.78, 5) is 0.794. The number of sulfonamides is 1. The van der Waals surface area contributed by atoms with Crippen LogP contribution in [0.2, 0.25) is 5.02 Å². The summed E-state index contributed by atoms with van der Waals surface area (Å²) < 4.78 is 71.5. The first-order valence-electron chi connectivity index (χ1n) is 7.83. The zero-order chi connectivity index (χ0) is 20.9. The van der Waals surface area contributed by atoms with Crippen molar-refractivity contribution in [3.05, 3.63) is 50.4 Å². The molecule has 1 N–H and O–H groups in total. The molecule has 0 fully saturated rings. The molecule has 0 saturated carbocycles. The first kappa shape index (κ1) is 20.7. The monoisotopic (exact) mass is 450 g/mol. The molecule has 5 nitrogen and oxygen atoms in total. The molecule has 0 spiro atoms. The number of alkyl halides is 3. The molecule has 0 aliphatic carbocycles. The van der Waals surface area contributed by atoms with Crippen LogP contribution < -0.4 is 4.72 Å². The highest BCUT2D eigenvalue weighted by Crippen LogP contribution is 2.41. The molecule has 0 unspecified atom stereocenters. The molecule has 2 heterocycles. The highest BCUT2D eigenvalue weighted by atomic mass is 35.5. The minimum Gasteiger partial charge on any atom is -0.351 e. The van der Waals surface area contributed by atoms with Crippen molar-refractivity contribution in [1.82, 2.24) is 5.16 Å². The van der Waals surface area contributed by atoms with E-state index in [1.807, 2.05) is 0 Å². The number of aromatic nitrogens is 1. The fraction of sp³-hybridized carbons (Fsp3) is 0.235. The molecule has 3 aromatic rings. The van der Waals surface area contributed by atoms with Crippen molar-refractivity contribution in [3.63, 3.8) is 0 Å². The second kappa shape index (κ2) is 7.09. The fourth-order valence-electron chi connectivity index (χ4n) is 2.75. The van der Waals surface area contributed by atoms with Crippen LogP contribution in [0.25, 0.3) is 11.3 Å². The summed E-state index contributed by atoms with van der Waals surface area (Å²) in [6.45, 7) is 4.88. The van der Waals surface area contributed by atoms with E-state index in [9.17, 15) is 21.6 Å². The van der Waals surface area contributed by atoms with E-state index in [-0.39, 0.29) is 16.2 Å². The number of anilines is 1. The summed E-state index contributed by atoms with van der Waals surface area (Å²) in [6, 6.07) is 5.34. The Bertz CT molecular complexity index is 1150. The predicted octanol–water partition coefficient (Wildman–Crippen LogP) is 5.80. The van der Waals surface area contributed by atoms with Crippen molar-refractivity contribution in [1.29, 1.82) is 0 Å². The molecule has 3 rings (SSSR count). The van der Waals surface area contributed by atoms with E-state index in [1.54, 1.807) is 26.8 Å². The summed E-state index contributed by atoms with van der Waals surface area (Å²) in [5, 5.41) is 3.89. The molecule has 0 radical (unpaired) electrons. The fourth-order valence-corrected chi connectivity index (χ4v) is 5.98.